The molecule has 0 unspecified atom stereocenters. The molecule has 1 fully saturated rings. The van der Waals surface area contributed by atoms with Crippen LogP contribution in [0.5, 0.6) is 0 Å². The zero-order valence-electron chi connectivity index (χ0n) is 10.4. The standard InChI is InChI=1S/C10H9N7OS2/c1-5-4-7(18)17-8(11-5)19-10(13-17)20-9-12-14-15-16(9)6-2-3-6/h4,6H,2-3H2,1H3. The maximum Gasteiger partial charge on any atom is 0.275 e. The molecule has 0 spiro atoms. The predicted molar refractivity (Wildman–Crippen MR) is 72.1 cm³/mol. The van der Waals surface area contributed by atoms with E-state index in [1.807, 2.05) is 4.68 Å². The molecule has 1 aliphatic carbocycles. The topological polar surface area (TPSA) is 90.9 Å². The number of hydrogen-bond donors (Lipinski definition) is 0. The number of hydrogen-bond acceptors (Lipinski definition) is 8. The van der Waals surface area contributed by atoms with E-state index in [4.69, 9.17) is 0 Å². The highest BCUT2D eigenvalue weighted by Gasteiger charge is 2.28. The van der Waals surface area contributed by atoms with Crippen LogP contribution in [-0.2, 0) is 0 Å². The summed E-state index contributed by atoms with van der Waals surface area (Å²) >= 11 is 2.72. The minimum absolute atomic E-state index is 0.169. The molecule has 8 nitrogen and oxygen atoms in total. The quantitative estimate of drug-likeness (QED) is 0.711. The molecular formula is C10H9N7OS2. The fourth-order valence-corrected chi connectivity index (χ4v) is 3.76. The third kappa shape index (κ3) is 2.00. The Bertz CT molecular complexity index is 847. The van der Waals surface area contributed by atoms with E-state index in [0.717, 1.165) is 12.8 Å². The average molecular weight is 307 g/mol. The van der Waals surface area contributed by atoms with E-state index < -0.39 is 0 Å². The van der Waals surface area contributed by atoms with Gasteiger partial charge in [0.2, 0.25) is 10.1 Å². The lowest BCUT2D eigenvalue weighted by molar-refractivity contribution is 0.565. The summed E-state index contributed by atoms with van der Waals surface area (Å²) in [4.78, 5) is 16.7. The second-order valence-corrected chi connectivity index (χ2v) is 6.71. The molecule has 10 heteroatoms. The van der Waals surface area contributed by atoms with Gasteiger partial charge in [-0.2, -0.15) is 4.52 Å². The van der Waals surface area contributed by atoms with Crippen molar-refractivity contribution in [2.75, 3.05) is 0 Å². The van der Waals surface area contributed by atoms with E-state index in [1.165, 1.54) is 33.7 Å². The number of nitrogens with zero attached hydrogens (tertiary/aromatic N) is 7. The van der Waals surface area contributed by atoms with Crippen LogP contribution in [0.2, 0.25) is 0 Å². The summed E-state index contributed by atoms with van der Waals surface area (Å²) < 4.78 is 3.83. The number of fused-ring (bicyclic) bond motifs is 1. The monoisotopic (exact) mass is 307 g/mol. The van der Waals surface area contributed by atoms with Crippen molar-refractivity contribution >= 4 is 28.1 Å². The highest BCUT2D eigenvalue weighted by Crippen LogP contribution is 2.38. The lowest BCUT2D eigenvalue weighted by Crippen LogP contribution is -2.14. The molecule has 0 radical (unpaired) electrons. The largest absolute Gasteiger partial charge is 0.275 e. The Morgan fingerprint density at radius 2 is 2.30 bits per heavy atom. The van der Waals surface area contributed by atoms with Crippen LogP contribution in [0, 0.1) is 6.92 Å². The van der Waals surface area contributed by atoms with Gasteiger partial charge in [0.25, 0.3) is 5.56 Å². The van der Waals surface area contributed by atoms with E-state index in [0.29, 0.717) is 26.2 Å². The fourth-order valence-electron chi connectivity index (χ4n) is 1.82. The van der Waals surface area contributed by atoms with Gasteiger partial charge in [0.15, 0.2) is 4.34 Å². The van der Waals surface area contributed by atoms with Gasteiger partial charge in [-0.3, -0.25) is 4.79 Å². The fraction of sp³-hybridized carbons (Fsp3) is 0.400. The maximum atomic E-state index is 11.8. The number of aryl methyl sites for hydroxylation is 1. The Labute approximate surface area is 120 Å². The van der Waals surface area contributed by atoms with Crippen LogP contribution >= 0.6 is 23.1 Å². The highest BCUT2D eigenvalue weighted by atomic mass is 32.2. The summed E-state index contributed by atoms with van der Waals surface area (Å²) in [6.45, 7) is 1.79. The minimum atomic E-state index is -0.169. The van der Waals surface area contributed by atoms with Gasteiger partial charge in [-0.15, -0.1) is 10.2 Å². The van der Waals surface area contributed by atoms with Crippen molar-refractivity contribution in [1.29, 1.82) is 0 Å². The third-order valence-electron chi connectivity index (χ3n) is 2.89. The van der Waals surface area contributed by atoms with Crippen molar-refractivity contribution in [2.24, 2.45) is 0 Å². The molecule has 1 aliphatic rings. The molecule has 0 saturated heterocycles. The van der Waals surface area contributed by atoms with Gasteiger partial charge in [0.1, 0.15) is 0 Å². The van der Waals surface area contributed by atoms with E-state index in [9.17, 15) is 4.79 Å². The molecule has 20 heavy (non-hydrogen) atoms. The van der Waals surface area contributed by atoms with Crippen molar-refractivity contribution in [3.63, 3.8) is 0 Å². The van der Waals surface area contributed by atoms with Crippen LogP contribution in [-0.4, -0.2) is 34.8 Å². The molecule has 3 aromatic heterocycles. The molecule has 4 rings (SSSR count). The molecule has 0 aromatic carbocycles. The van der Waals surface area contributed by atoms with Crippen LogP contribution in [0.25, 0.3) is 4.96 Å². The van der Waals surface area contributed by atoms with Gasteiger partial charge in [-0.1, -0.05) is 11.3 Å². The Morgan fingerprint density at radius 3 is 3.10 bits per heavy atom. The summed E-state index contributed by atoms with van der Waals surface area (Å²) in [5.74, 6) is 0. The van der Waals surface area contributed by atoms with Crippen LogP contribution < -0.4 is 5.56 Å². The van der Waals surface area contributed by atoms with Gasteiger partial charge in [-0.05, 0) is 42.0 Å². The summed E-state index contributed by atoms with van der Waals surface area (Å²) in [7, 11) is 0. The van der Waals surface area contributed by atoms with Gasteiger partial charge < -0.3 is 0 Å². The van der Waals surface area contributed by atoms with Gasteiger partial charge >= 0.3 is 0 Å². The van der Waals surface area contributed by atoms with Crippen LogP contribution in [0.15, 0.2) is 20.4 Å². The van der Waals surface area contributed by atoms with Gasteiger partial charge in [0.05, 0.1) is 6.04 Å². The molecule has 1 saturated carbocycles. The van der Waals surface area contributed by atoms with Gasteiger partial charge in [-0.25, -0.2) is 9.67 Å². The second-order valence-electron chi connectivity index (χ2n) is 4.54. The van der Waals surface area contributed by atoms with E-state index in [-0.39, 0.29) is 5.56 Å². The lowest BCUT2D eigenvalue weighted by Gasteiger charge is -1.97. The van der Waals surface area contributed by atoms with Crippen LogP contribution in [0.3, 0.4) is 0 Å². The normalized spacial score (nSPS) is 15.1. The average Bonchev–Trinajstić information content (AvgIpc) is 3.00. The molecule has 102 valence electrons. The Balaban J connectivity index is 1.73. The van der Waals surface area contributed by atoms with Crippen molar-refractivity contribution < 1.29 is 0 Å². The van der Waals surface area contributed by atoms with Crippen LogP contribution in [0.4, 0.5) is 0 Å². The number of aromatic nitrogens is 7. The van der Waals surface area contributed by atoms with Crippen molar-refractivity contribution in [3.05, 3.63) is 22.1 Å². The third-order valence-corrected chi connectivity index (χ3v) is 4.80. The first-order valence-corrected chi connectivity index (χ1v) is 7.67. The van der Waals surface area contributed by atoms with Crippen molar-refractivity contribution in [3.8, 4) is 0 Å². The smallest absolute Gasteiger partial charge is 0.267 e. The summed E-state index contributed by atoms with van der Waals surface area (Å²) in [5.41, 5.74) is 0.524. The Morgan fingerprint density at radius 1 is 1.45 bits per heavy atom. The first-order valence-electron chi connectivity index (χ1n) is 6.04. The summed E-state index contributed by atoms with van der Waals surface area (Å²) in [6.07, 6.45) is 2.22. The van der Waals surface area contributed by atoms with Gasteiger partial charge in [0, 0.05) is 11.8 Å². The SMILES string of the molecule is Cc1cc(=O)n2nc(Sc3nnnn3C3CC3)sc2n1. The Hall–Kier alpha value is -1.81. The molecule has 0 atom stereocenters. The first kappa shape index (κ1) is 12.0. The summed E-state index contributed by atoms with van der Waals surface area (Å²) in [6, 6.07) is 1.88. The second kappa shape index (κ2) is 4.35. The molecular weight excluding hydrogens is 298 g/mol. The first-order chi connectivity index (χ1) is 9.70. The zero-order valence-corrected chi connectivity index (χ0v) is 12.1. The molecule has 0 aliphatic heterocycles. The molecule has 0 amide bonds. The predicted octanol–water partition coefficient (Wildman–Crippen LogP) is 0.932. The van der Waals surface area contributed by atoms with Crippen LogP contribution in [0.1, 0.15) is 24.6 Å². The minimum Gasteiger partial charge on any atom is -0.267 e. The van der Waals surface area contributed by atoms with E-state index >= 15 is 0 Å². The van der Waals surface area contributed by atoms with Crippen molar-refractivity contribution in [2.45, 2.75) is 35.3 Å². The van der Waals surface area contributed by atoms with Crippen molar-refractivity contribution in [1.82, 2.24) is 34.8 Å². The van der Waals surface area contributed by atoms with E-state index in [2.05, 4.69) is 25.6 Å². The zero-order chi connectivity index (χ0) is 13.7. The lowest BCUT2D eigenvalue weighted by atomic mass is 10.5. The molecule has 3 aromatic rings. The number of rotatable bonds is 3. The summed E-state index contributed by atoms with van der Waals surface area (Å²) in [5, 5.41) is 16.7. The Kier molecular flexibility index (Phi) is 2.60. The molecule has 0 bridgehead atoms. The molecule has 3 heterocycles. The van der Waals surface area contributed by atoms with E-state index in [1.54, 1.807) is 6.92 Å². The molecule has 0 N–H and O–H groups in total. The maximum absolute atomic E-state index is 11.8. The number of tetrazole rings is 1. The highest BCUT2D eigenvalue weighted by molar-refractivity contribution is 8.01.